The van der Waals surface area contributed by atoms with Crippen molar-refractivity contribution in [2.75, 3.05) is 7.05 Å². The van der Waals surface area contributed by atoms with Crippen molar-refractivity contribution >= 4 is 27.3 Å². The van der Waals surface area contributed by atoms with Gasteiger partial charge in [0, 0.05) is 19.8 Å². The minimum atomic E-state index is -3.67. The molecule has 0 aliphatic rings. The maximum Gasteiger partial charge on any atom is 0.325 e. The molecule has 0 fully saturated rings. The summed E-state index contributed by atoms with van der Waals surface area (Å²) >= 11 is 1.50. The van der Waals surface area contributed by atoms with Gasteiger partial charge in [-0.1, -0.05) is 0 Å². The second-order valence-corrected chi connectivity index (χ2v) is 6.98. The summed E-state index contributed by atoms with van der Waals surface area (Å²) in [6.45, 7) is -0.111. The predicted octanol–water partition coefficient (Wildman–Crippen LogP) is 0.850. The van der Waals surface area contributed by atoms with Crippen LogP contribution in [0.4, 0.5) is 0 Å². The number of nitrogens with zero attached hydrogens (tertiary/aromatic N) is 3. The van der Waals surface area contributed by atoms with Crippen LogP contribution >= 0.6 is 11.3 Å². The molecule has 0 spiro atoms. The van der Waals surface area contributed by atoms with Crippen molar-refractivity contribution in [3.05, 3.63) is 34.8 Å². The molecule has 2 aromatic rings. The van der Waals surface area contributed by atoms with Gasteiger partial charge in [0.15, 0.2) is 0 Å². The summed E-state index contributed by atoms with van der Waals surface area (Å²) in [6.07, 6.45) is 2.37. The van der Waals surface area contributed by atoms with Crippen molar-refractivity contribution in [3.63, 3.8) is 0 Å². The van der Waals surface area contributed by atoms with Crippen LogP contribution in [0, 0.1) is 0 Å². The Hall–Kier alpha value is -1.71. The van der Waals surface area contributed by atoms with E-state index in [1.807, 2.05) is 16.8 Å². The van der Waals surface area contributed by atoms with Gasteiger partial charge in [0.2, 0.25) is 10.0 Å². The lowest BCUT2D eigenvalue weighted by molar-refractivity contribution is -0.137. The van der Waals surface area contributed by atoms with Crippen LogP contribution < -0.4 is 0 Å². The van der Waals surface area contributed by atoms with Gasteiger partial charge in [-0.3, -0.25) is 9.48 Å². The lowest BCUT2D eigenvalue weighted by Gasteiger charge is -2.14. The SMILES string of the molecule is CN(Cc1ccsc1)S(=O)(=O)c1cnn(CC(=O)O)c1. The van der Waals surface area contributed by atoms with E-state index in [0.29, 0.717) is 0 Å². The van der Waals surface area contributed by atoms with Crippen LogP contribution in [-0.4, -0.2) is 40.6 Å². The molecule has 2 aromatic heterocycles. The monoisotopic (exact) mass is 315 g/mol. The molecular weight excluding hydrogens is 302 g/mol. The van der Waals surface area contributed by atoms with Crippen LogP contribution in [0.1, 0.15) is 5.56 Å². The number of hydrogen-bond donors (Lipinski definition) is 1. The van der Waals surface area contributed by atoms with E-state index in [-0.39, 0.29) is 18.0 Å². The Morgan fingerprint density at radius 2 is 2.30 bits per heavy atom. The molecule has 108 valence electrons. The van der Waals surface area contributed by atoms with Gasteiger partial charge >= 0.3 is 5.97 Å². The van der Waals surface area contributed by atoms with Crippen molar-refractivity contribution < 1.29 is 18.3 Å². The summed E-state index contributed by atoms with van der Waals surface area (Å²) in [4.78, 5) is 10.5. The predicted molar refractivity (Wildman–Crippen MR) is 72.8 cm³/mol. The molecule has 2 rings (SSSR count). The van der Waals surface area contributed by atoms with Crippen LogP contribution in [0.25, 0.3) is 0 Å². The topological polar surface area (TPSA) is 92.5 Å². The number of rotatable bonds is 6. The summed E-state index contributed by atoms with van der Waals surface area (Å²) in [5, 5.41) is 16.1. The van der Waals surface area contributed by atoms with Gasteiger partial charge in [-0.15, -0.1) is 0 Å². The molecule has 7 nitrogen and oxygen atoms in total. The second-order valence-electron chi connectivity index (χ2n) is 4.16. The number of sulfonamides is 1. The van der Waals surface area contributed by atoms with Gasteiger partial charge < -0.3 is 5.11 Å². The Kier molecular flexibility index (Phi) is 4.21. The van der Waals surface area contributed by atoms with Crippen molar-refractivity contribution in [1.82, 2.24) is 14.1 Å². The summed E-state index contributed by atoms with van der Waals surface area (Å²) in [5.41, 5.74) is 0.902. The highest BCUT2D eigenvalue weighted by Gasteiger charge is 2.23. The van der Waals surface area contributed by atoms with E-state index in [1.54, 1.807) is 0 Å². The minimum Gasteiger partial charge on any atom is -0.480 e. The van der Waals surface area contributed by atoms with Crippen LogP contribution in [0.3, 0.4) is 0 Å². The highest BCUT2D eigenvalue weighted by Crippen LogP contribution is 2.17. The average Bonchev–Trinajstić information content (AvgIpc) is 2.99. The second kappa shape index (κ2) is 5.73. The van der Waals surface area contributed by atoms with E-state index in [1.165, 1.54) is 28.9 Å². The minimum absolute atomic E-state index is 0.0171. The zero-order valence-electron chi connectivity index (χ0n) is 10.6. The molecule has 0 bridgehead atoms. The molecule has 0 saturated heterocycles. The van der Waals surface area contributed by atoms with Crippen molar-refractivity contribution in [1.29, 1.82) is 0 Å². The van der Waals surface area contributed by atoms with Gasteiger partial charge in [-0.2, -0.15) is 20.7 Å². The molecule has 0 saturated carbocycles. The zero-order chi connectivity index (χ0) is 14.8. The Morgan fingerprint density at radius 1 is 1.55 bits per heavy atom. The van der Waals surface area contributed by atoms with Crippen molar-refractivity contribution in [3.8, 4) is 0 Å². The highest BCUT2D eigenvalue weighted by atomic mass is 32.2. The number of thiophene rings is 1. The Bertz CT molecular complexity index is 691. The largest absolute Gasteiger partial charge is 0.480 e. The van der Waals surface area contributed by atoms with Gasteiger partial charge in [-0.05, 0) is 22.4 Å². The molecule has 1 N–H and O–H groups in total. The molecule has 0 aliphatic heterocycles. The van der Waals surface area contributed by atoms with E-state index in [9.17, 15) is 13.2 Å². The van der Waals surface area contributed by atoms with Gasteiger partial charge in [0.25, 0.3) is 0 Å². The lowest BCUT2D eigenvalue weighted by Crippen LogP contribution is -2.26. The fourth-order valence-electron chi connectivity index (χ4n) is 1.61. The fraction of sp³-hybridized carbons (Fsp3) is 0.273. The Morgan fingerprint density at radius 3 is 2.90 bits per heavy atom. The van der Waals surface area contributed by atoms with Crippen molar-refractivity contribution in [2.45, 2.75) is 18.0 Å². The first-order valence-corrected chi connectivity index (χ1v) is 7.99. The number of carboxylic acids is 1. The first kappa shape index (κ1) is 14.7. The zero-order valence-corrected chi connectivity index (χ0v) is 12.3. The molecule has 9 heteroatoms. The lowest BCUT2D eigenvalue weighted by atomic mass is 10.3. The van der Waals surface area contributed by atoms with Crippen LogP contribution in [0.15, 0.2) is 34.1 Å². The smallest absolute Gasteiger partial charge is 0.325 e. The van der Waals surface area contributed by atoms with Gasteiger partial charge in [0.1, 0.15) is 11.4 Å². The normalized spacial score (nSPS) is 11.9. The van der Waals surface area contributed by atoms with E-state index in [4.69, 9.17) is 5.11 Å². The quantitative estimate of drug-likeness (QED) is 0.853. The van der Waals surface area contributed by atoms with Gasteiger partial charge in [0.05, 0.1) is 6.20 Å². The third kappa shape index (κ3) is 3.24. The van der Waals surface area contributed by atoms with E-state index >= 15 is 0 Å². The number of carboxylic acid groups (broad SMARTS) is 1. The molecule has 0 radical (unpaired) electrons. The number of aliphatic carboxylic acids is 1. The first-order valence-electron chi connectivity index (χ1n) is 5.61. The molecule has 0 aliphatic carbocycles. The third-order valence-electron chi connectivity index (χ3n) is 2.60. The Balaban J connectivity index is 2.16. The van der Waals surface area contributed by atoms with Crippen LogP contribution in [0.5, 0.6) is 0 Å². The molecular formula is C11H13N3O4S2. The number of hydrogen-bond acceptors (Lipinski definition) is 5. The maximum atomic E-state index is 12.3. The molecule has 20 heavy (non-hydrogen) atoms. The standard InChI is InChI=1S/C11H13N3O4S2/c1-13(5-9-2-3-19-8-9)20(17,18)10-4-12-14(6-10)7-11(15)16/h2-4,6,8H,5,7H2,1H3,(H,15,16). The first-order chi connectivity index (χ1) is 9.39. The van der Waals surface area contributed by atoms with Crippen LogP contribution in [0.2, 0.25) is 0 Å². The van der Waals surface area contributed by atoms with E-state index < -0.39 is 16.0 Å². The van der Waals surface area contributed by atoms with E-state index in [0.717, 1.165) is 16.4 Å². The average molecular weight is 315 g/mol. The summed E-state index contributed by atoms with van der Waals surface area (Å²) < 4.78 is 26.9. The number of carbonyl (C=O) groups is 1. The van der Waals surface area contributed by atoms with Crippen molar-refractivity contribution in [2.24, 2.45) is 0 Å². The summed E-state index contributed by atoms with van der Waals surface area (Å²) in [7, 11) is -2.19. The van der Waals surface area contributed by atoms with Crippen LogP contribution in [-0.2, 0) is 27.9 Å². The third-order valence-corrected chi connectivity index (χ3v) is 5.09. The summed E-state index contributed by atoms with van der Waals surface area (Å²) in [5.74, 6) is -1.08. The number of aromatic nitrogens is 2. The molecule has 0 unspecified atom stereocenters. The Labute approximate surface area is 120 Å². The molecule has 0 aromatic carbocycles. The molecule has 2 heterocycles. The summed E-state index contributed by atoms with van der Waals surface area (Å²) in [6, 6.07) is 1.85. The van der Waals surface area contributed by atoms with Gasteiger partial charge in [-0.25, -0.2) is 8.42 Å². The molecule has 0 atom stereocenters. The maximum absolute atomic E-state index is 12.3. The molecule has 0 amide bonds. The highest BCUT2D eigenvalue weighted by molar-refractivity contribution is 7.89. The fourth-order valence-corrected chi connectivity index (χ4v) is 3.38. The van der Waals surface area contributed by atoms with E-state index in [2.05, 4.69) is 5.10 Å².